The molecule has 1 aliphatic rings. The van der Waals surface area contributed by atoms with Crippen molar-refractivity contribution in [2.24, 2.45) is 0 Å². The molecule has 1 saturated heterocycles. The van der Waals surface area contributed by atoms with Gasteiger partial charge in [0.25, 0.3) is 0 Å². The summed E-state index contributed by atoms with van der Waals surface area (Å²) in [4.78, 5) is 11.7. The van der Waals surface area contributed by atoms with E-state index in [4.69, 9.17) is 11.6 Å². The van der Waals surface area contributed by atoms with Crippen LogP contribution in [0, 0.1) is 0 Å². The minimum absolute atomic E-state index is 0.0475. The van der Waals surface area contributed by atoms with Gasteiger partial charge >= 0.3 is 6.03 Å². The van der Waals surface area contributed by atoms with Crippen LogP contribution in [0.1, 0.15) is 31.4 Å². The Labute approximate surface area is 112 Å². The molecule has 1 atom stereocenters. The third-order valence-electron chi connectivity index (χ3n) is 3.02. The number of rotatable bonds is 4. The van der Waals surface area contributed by atoms with Crippen molar-refractivity contribution in [2.75, 3.05) is 13.1 Å². The van der Waals surface area contributed by atoms with Crippen molar-refractivity contribution in [3.05, 3.63) is 34.9 Å². The van der Waals surface area contributed by atoms with E-state index in [0.29, 0.717) is 6.54 Å². The first kappa shape index (κ1) is 13.2. The molecule has 1 aromatic carbocycles. The largest absolute Gasteiger partial charge is 0.335 e. The number of hydrogen-bond donors (Lipinski definition) is 2. The summed E-state index contributed by atoms with van der Waals surface area (Å²) in [7, 11) is 0. The number of halogens is 1. The second-order valence-electron chi connectivity index (χ2n) is 4.42. The van der Waals surface area contributed by atoms with Gasteiger partial charge in [0.1, 0.15) is 0 Å². The first-order chi connectivity index (χ1) is 8.70. The van der Waals surface area contributed by atoms with E-state index in [9.17, 15) is 4.79 Å². The Morgan fingerprint density at radius 3 is 2.78 bits per heavy atom. The summed E-state index contributed by atoms with van der Waals surface area (Å²) in [5, 5.41) is 5.28. The number of nitrogens with zero attached hydrogens (tertiary/aromatic N) is 1. The Balaban J connectivity index is 2.02. The summed E-state index contributed by atoms with van der Waals surface area (Å²) in [5.41, 5.74) is 4.38. The molecule has 0 aromatic heterocycles. The summed E-state index contributed by atoms with van der Waals surface area (Å²) in [6.07, 6.45) is 2.06. The van der Waals surface area contributed by atoms with Crippen LogP contribution in [0.3, 0.4) is 0 Å². The first-order valence-corrected chi connectivity index (χ1v) is 6.65. The second kappa shape index (κ2) is 6.07. The van der Waals surface area contributed by atoms with Crippen LogP contribution in [0.4, 0.5) is 4.79 Å². The van der Waals surface area contributed by atoms with Gasteiger partial charge in [0.2, 0.25) is 0 Å². The van der Waals surface area contributed by atoms with Crippen LogP contribution in [-0.2, 0) is 0 Å². The number of carbonyl (C=O) groups excluding carboxylic acids is 1. The van der Waals surface area contributed by atoms with Gasteiger partial charge in [0.15, 0.2) is 0 Å². The third kappa shape index (κ3) is 3.15. The van der Waals surface area contributed by atoms with Gasteiger partial charge in [-0.2, -0.15) is 0 Å². The molecule has 4 nitrogen and oxygen atoms in total. The highest BCUT2D eigenvalue weighted by atomic mass is 35.5. The molecular weight excluding hydrogens is 250 g/mol. The molecule has 2 rings (SSSR count). The number of benzene rings is 1. The van der Waals surface area contributed by atoms with E-state index in [1.807, 2.05) is 24.3 Å². The number of carbonyl (C=O) groups is 1. The lowest BCUT2D eigenvalue weighted by Crippen LogP contribution is -2.57. The summed E-state index contributed by atoms with van der Waals surface area (Å²) in [6, 6.07) is 7.76. The van der Waals surface area contributed by atoms with E-state index >= 15 is 0 Å². The molecule has 98 valence electrons. The zero-order valence-corrected chi connectivity index (χ0v) is 11.2. The van der Waals surface area contributed by atoms with Gasteiger partial charge in [-0.1, -0.05) is 37.1 Å². The topological polar surface area (TPSA) is 44.4 Å². The maximum absolute atomic E-state index is 11.7. The van der Waals surface area contributed by atoms with Crippen LogP contribution < -0.4 is 10.7 Å². The minimum Gasteiger partial charge on any atom is -0.335 e. The highest BCUT2D eigenvalue weighted by Gasteiger charge is 2.24. The lowest BCUT2D eigenvalue weighted by atomic mass is 10.1. The number of unbranched alkanes of at least 4 members (excludes halogenated alkanes) is 1. The van der Waals surface area contributed by atoms with Crippen LogP contribution in [-0.4, -0.2) is 24.1 Å². The van der Waals surface area contributed by atoms with Crippen molar-refractivity contribution in [1.82, 2.24) is 15.8 Å². The third-order valence-corrected chi connectivity index (χ3v) is 3.27. The van der Waals surface area contributed by atoms with Crippen molar-refractivity contribution in [3.8, 4) is 0 Å². The molecule has 1 unspecified atom stereocenters. The van der Waals surface area contributed by atoms with Crippen LogP contribution >= 0.6 is 11.6 Å². The molecule has 0 bridgehead atoms. The molecule has 18 heavy (non-hydrogen) atoms. The van der Waals surface area contributed by atoms with Gasteiger partial charge in [-0.05, 0) is 24.1 Å². The molecule has 1 aliphatic heterocycles. The maximum atomic E-state index is 11.7. The van der Waals surface area contributed by atoms with Crippen molar-refractivity contribution in [2.45, 2.75) is 25.8 Å². The van der Waals surface area contributed by atoms with E-state index in [-0.39, 0.29) is 12.1 Å². The highest BCUT2D eigenvalue weighted by Crippen LogP contribution is 2.18. The van der Waals surface area contributed by atoms with Crippen LogP contribution in [0.15, 0.2) is 24.3 Å². The number of amides is 2. The van der Waals surface area contributed by atoms with Gasteiger partial charge in [0, 0.05) is 18.1 Å². The number of hydrogen-bond acceptors (Lipinski definition) is 2. The van der Waals surface area contributed by atoms with Crippen molar-refractivity contribution >= 4 is 17.6 Å². The second-order valence-corrected chi connectivity index (χ2v) is 4.86. The average molecular weight is 268 g/mol. The molecule has 0 spiro atoms. The predicted molar refractivity (Wildman–Crippen MR) is 72.3 cm³/mol. The molecule has 0 saturated carbocycles. The quantitative estimate of drug-likeness (QED) is 0.881. The van der Waals surface area contributed by atoms with Gasteiger partial charge in [-0.15, -0.1) is 0 Å². The lowest BCUT2D eigenvalue weighted by Gasteiger charge is -2.34. The zero-order valence-electron chi connectivity index (χ0n) is 10.4. The van der Waals surface area contributed by atoms with Gasteiger partial charge in [0.05, 0.1) is 6.04 Å². The molecular formula is C13H18ClN3O. The monoisotopic (exact) mass is 267 g/mol. The fourth-order valence-corrected chi connectivity index (χ4v) is 2.07. The van der Waals surface area contributed by atoms with E-state index < -0.39 is 0 Å². The molecule has 1 fully saturated rings. The molecule has 5 heteroatoms. The number of nitrogens with one attached hydrogen (secondary N) is 2. The van der Waals surface area contributed by atoms with Crippen molar-refractivity contribution in [1.29, 1.82) is 0 Å². The minimum atomic E-state index is -0.0475. The van der Waals surface area contributed by atoms with Gasteiger partial charge in [-0.3, -0.25) is 5.01 Å². The van der Waals surface area contributed by atoms with Gasteiger partial charge in [-0.25, -0.2) is 10.2 Å². The zero-order chi connectivity index (χ0) is 13.0. The first-order valence-electron chi connectivity index (χ1n) is 6.27. The Morgan fingerprint density at radius 2 is 2.11 bits per heavy atom. The normalized spacial score (nSPS) is 19.8. The van der Waals surface area contributed by atoms with Gasteiger partial charge < -0.3 is 5.32 Å². The molecule has 1 aromatic rings. The number of urea groups is 1. The average Bonchev–Trinajstić information content (AvgIpc) is 2.39. The summed E-state index contributed by atoms with van der Waals surface area (Å²) >= 11 is 5.87. The smallest absolute Gasteiger partial charge is 0.331 e. The standard InChI is InChI=1S/C13H18ClN3O/c1-2-3-8-17-13(18)15-9-12(16-17)10-4-6-11(14)7-5-10/h4-7,12,16H,2-3,8-9H2,1H3,(H,15,18). The highest BCUT2D eigenvalue weighted by molar-refractivity contribution is 6.30. The summed E-state index contributed by atoms with van der Waals surface area (Å²) in [5.74, 6) is 0. The molecule has 2 amide bonds. The van der Waals surface area contributed by atoms with Crippen LogP contribution in [0.25, 0.3) is 0 Å². The van der Waals surface area contributed by atoms with Crippen molar-refractivity contribution < 1.29 is 4.79 Å². The molecule has 0 aliphatic carbocycles. The fraction of sp³-hybridized carbons (Fsp3) is 0.462. The maximum Gasteiger partial charge on any atom is 0.331 e. The van der Waals surface area contributed by atoms with E-state index in [0.717, 1.165) is 30.0 Å². The van der Waals surface area contributed by atoms with Crippen LogP contribution in [0.5, 0.6) is 0 Å². The molecule has 2 N–H and O–H groups in total. The lowest BCUT2D eigenvalue weighted by molar-refractivity contribution is 0.133. The van der Waals surface area contributed by atoms with Crippen LogP contribution in [0.2, 0.25) is 5.02 Å². The molecule has 0 radical (unpaired) electrons. The summed E-state index contributed by atoms with van der Waals surface area (Å²) < 4.78 is 0. The molecule has 1 heterocycles. The Bertz CT molecular complexity index is 407. The Kier molecular flexibility index (Phi) is 4.44. The SMILES string of the molecule is CCCCN1NC(c2ccc(Cl)cc2)CNC1=O. The Hall–Kier alpha value is -1.26. The summed E-state index contributed by atoms with van der Waals surface area (Å²) in [6.45, 7) is 3.44. The van der Waals surface area contributed by atoms with E-state index in [2.05, 4.69) is 17.7 Å². The predicted octanol–water partition coefficient (Wildman–Crippen LogP) is 2.71. The number of hydrazine groups is 1. The van der Waals surface area contributed by atoms with E-state index in [1.165, 1.54) is 0 Å². The van der Waals surface area contributed by atoms with Crippen molar-refractivity contribution in [3.63, 3.8) is 0 Å². The Morgan fingerprint density at radius 1 is 1.39 bits per heavy atom. The fourth-order valence-electron chi connectivity index (χ4n) is 1.95. The van der Waals surface area contributed by atoms with E-state index in [1.54, 1.807) is 5.01 Å².